The summed E-state index contributed by atoms with van der Waals surface area (Å²) < 4.78 is 38.7. The highest BCUT2D eigenvalue weighted by Gasteiger charge is 2.45. The van der Waals surface area contributed by atoms with Gasteiger partial charge in [0.2, 0.25) is 5.91 Å². The fourth-order valence-electron chi connectivity index (χ4n) is 5.24. The highest BCUT2D eigenvalue weighted by atomic mass is 19.1. The molecule has 0 N–H and O–H groups in total. The third kappa shape index (κ3) is 5.47. The number of hydrogen-bond acceptors (Lipinski definition) is 4. The van der Waals surface area contributed by atoms with Crippen molar-refractivity contribution in [3.63, 3.8) is 0 Å². The van der Waals surface area contributed by atoms with E-state index in [1.165, 1.54) is 17.4 Å². The number of carbonyl (C=O) groups is 2. The van der Waals surface area contributed by atoms with Crippen LogP contribution < -0.4 is 4.74 Å². The molecular weight excluding hydrogens is 442 g/mol. The summed E-state index contributed by atoms with van der Waals surface area (Å²) in [6.07, 6.45) is 4.97. The Bertz CT molecular complexity index is 923. The normalized spacial score (nSPS) is 26.1. The summed E-state index contributed by atoms with van der Waals surface area (Å²) >= 11 is 0. The summed E-state index contributed by atoms with van der Waals surface area (Å²) in [7, 11) is 0. The quantitative estimate of drug-likeness (QED) is 0.560. The Hall–Kier alpha value is -2.38. The van der Waals surface area contributed by atoms with Crippen molar-refractivity contribution in [2.24, 2.45) is 17.8 Å². The number of ether oxygens (including phenoxy) is 2. The molecule has 0 unspecified atom stereocenters. The molecule has 2 aliphatic carbocycles. The standard InChI is InChI=1S/C26H34F2N2O4/c1-26(7-8-26)34-25(32)29-9-4-17(5-10-29)22-12-18(22)6-11-33-21-3-2-19(23(28)14-21)13-24(31)30-15-20(27)16-30/h2-3,14,17-18,20,22H,4-13,15-16H2,1H3/t18-,22-/m1/s1. The highest BCUT2D eigenvalue weighted by molar-refractivity contribution is 5.79. The Labute approximate surface area is 199 Å². The molecule has 4 aliphatic rings. The van der Waals surface area contributed by atoms with Gasteiger partial charge in [-0.25, -0.2) is 13.6 Å². The van der Waals surface area contributed by atoms with Crippen LogP contribution in [0.5, 0.6) is 5.75 Å². The van der Waals surface area contributed by atoms with E-state index in [0.717, 1.165) is 45.2 Å². The molecule has 0 radical (unpaired) electrons. The third-order valence-corrected chi connectivity index (χ3v) is 7.98. The second-order valence-electron chi connectivity index (χ2n) is 10.8. The summed E-state index contributed by atoms with van der Waals surface area (Å²) in [6.45, 7) is 4.30. The zero-order valence-electron chi connectivity index (χ0n) is 19.8. The first kappa shape index (κ1) is 23.4. The molecule has 2 amide bonds. The van der Waals surface area contributed by atoms with Crippen molar-refractivity contribution >= 4 is 12.0 Å². The summed E-state index contributed by atoms with van der Waals surface area (Å²) in [5.74, 6) is 1.73. The van der Waals surface area contributed by atoms with E-state index >= 15 is 0 Å². The van der Waals surface area contributed by atoms with E-state index in [1.54, 1.807) is 12.1 Å². The van der Waals surface area contributed by atoms with Crippen LogP contribution in [0.3, 0.4) is 0 Å². The van der Waals surface area contributed by atoms with Crippen LogP contribution in [0.25, 0.3) is 0 Å². The molecule has 0 spiro atoms. The van der Waals surface area contributed by atoms with Gasteiger partial charge in [0, 0.05) is 19.2 Å². The SMILES string of the molecule is CC1(OC(=O)N2CCC([C@H]3C[C@H]3CCOc3ccc(CC(=O)N4CC(F)C4)c(F)c3)CC2)CC1. The molecule has 2 atom stereocenters. The number of hydrogen-bond donors (Lipinski definition) is 0. The van der Waals surface area contributed by atoms with Crippen molar-refractivity contribution in [2.45, 2.75) is 63.6 Å². The van der Waals surface area contributed by atoms with E-state index in [4.69, 9.17) is 9.47 Å². The second-order valence-corrected chi connectivity index (χ2v) is 10.8. The van der Waals surface area contributed by atoms with E-state index in [9.17, 15) is 18.4 Å². The number of alkyl halides is 1. The smallest absolute Gasteiger partial charge is 0.410 e. The van der Waals surface area contributed by atoms with E-state index in [0.29, 0.717) is 35.7 Å². The molecule has 2 aliphatic heterocycles. The maximum absolute atomic E-state index is 14.4. The molecule has 8 heteroatoms. The van der Waals surface area contributed by atoms with Gasteiger partial charge in [0.1, 0.15) is 23.3 Å². The van der Waals surface area contributed by atoms with Crippen molar-refractivity contribution in [2.75, 3.05) is 32.8 Å². The molecule has 4 fully saturated rings. The van der Waals surface area contributed by atoms with Crippen LogP contribution in [0.1, 0.15) is 51.0 Å². The average Bonchev–Trinajstić information content (AvgIpc) is 3.71. The summed E-state index contributed by atoms with van der Waals surface area (Å²) in [4.78, 5) is 27.6. The van der Waals surface area contributed by atoms with Gasteiger partial charge in [-0.2, -0.15) is 0 Å². The fraction of sp³-hybridized carbons (Fsp3) is 0.692. The van der Waals surface area contributed by atoms with Gasteiger partial charge >= 0.3 is 6.09 Å². The van der Waals surface area contributed by atoms with Gasteiger partial charge in [-0.15, -0.1) is 0 Å². The molecule has 6 nitrogen and oxygen atoms in total. The minimum Gasteiger partial charge on any atom is -0.493 e. The van der Waals surface area contributed by atoms with Gasteiger partial charge in [0.05, 0.1) is 26.1 Å². The first-order chi connectivity index (χ1) is 16.3. The summed E-state index contributed by atoms with van der Waals surface area (Å²) in [5, 5.41) is 0. The number of piperidine rings is 1. The van der Waals surface area contributed by atoms with Crippen LogP contribution in [-0.2, 0) is 16.0 Å². The Balaban J connectivity index is 0.995. The number of likely N-dealkylation sites (tertiary alicyclic amines) is 2. The Morgan fingerprint density at radius 3 is 2.53 bits per heavy atom. The summed E-state index contributed by atoms with van der Waals surface area (Å²) in [6, 6.07) is 4.61. The maximum atomic E-state index is 14.4. The lowest BCUT2D eigenvalue weighted by Crippen LogP contribution is -2.52. The zero-order valence-corrected chi connectivity index (χ0v) is 19.8. The number of rotatable bonds is 8. The maximum Gasteiger partial charge on any atom is 0.410 e. The number of benzene rings is 1. The van der Waals surface area contributed by atoms with Crippen LogP contribution in [-0.4, -0.2) is 66.4 Å². The molecule has 186 valence electrons. The zero-order chi connectivity index (χ0) is 23.9. The van der Waals surface area contributed by atoms with Gasteiger partial charge in [0.15, 0.2) is 0 Å². The largest absolute Gasteiger partial charge is 0.493 e. The lowest BCUT2D eigenvalue weighted by molar-refractivity contribution is -0.137. The molecule has 2 saturated heterocycles. The van der Waals surface area contributed by atoms with Crippen LogP contribution >= 0.6 is 0 Å². The van der Waals surface area contributed by atoms with Crippen molar-refractivity contribution in [3.8, 4) is 5.75 Å². The van der Waals surface area contributed by atoms with Crippen LogP contribution in [0.15, 0.2) is 18.2 Å². The first-order valence-corrected chi connectivity index (χ1v) is 12.6. The van der Waals surface area contributed by atoms with Crippen molar-refractivity contribution < 1.29 is 27.8 Å². The molecule has 1 aromatic rings. The van der Waals surface area contributed by atoms with Gasteiger partial charge < -0.3 is 19.3 Å². The predicted molar refractivity (Wildman–Crippen MR) is 122 cm³/mol. The van der Waals surface area contributed by atoms with Gasteiger partial charge in [-0.1, -0.05) is 6.07 Å². The minimum atomic E-state index is -0.956. The summed E-state index contributed by atoms with van der Waals surface area (Å²) in [5.41, 5.74) is 0.0911. The molecule has 5 rings (SSSR count). The molecule has 34 heavy (non-hydrogen) atoms. The number of halogens is 2. The van der Waals surface area contributed by atoms with Crippen LogP contribution in [0, 0.1) is 23.6 Å². The lowest BCUT2D eigenvalue weighted by Gasteiger charge is -2.34. The third-order valence-electron chi connectivity index (χ3n) is 7.98. The number of nitrogens with zero attached hydrogens (tertiary/aromatic N) is 2. The lowest BCUT2D eigenvalue weighted by atomic mass is 9.91. The van der Waals surface area contributed by atoms with Gasteiger partial charge in [0.25, 0.3) is 0 Å². The van der Waals surface area contributed by atoms with E-state index in [1.807, 2.05) is 11.8 Å². The fourth-order valence-corrected chi connectivity index (χ4v) is 5.24. The van der Waals surface area contributed by atoms with Gasteiger partial charge in [-0.3, -0.25) is 4.79 Å². The monoisotopic (exact) mass is 476 g/mol. The highest BCUT2D eigenvalue weighted by Crippen LogP contribution is 2.50. The van der Waals surface area contributed by atoms with Crippen molar-refractivity contribution in [1.29, 1.82) is 0 Å². The van der Waals surface area contributed by atoms with Crippen LogP contribution in [0.4, 0.5) is 13.6 Å². The average molecular weight is 477 g/mol. The second kappa shape index (κ2) is 9.34. The van der Waals surface area contributed by atoms with E-state index in [-0.39, 0.29) is 37.1 Å². The molecular formula is C26H34F2N2O4. The van der Waals surface area contributed by atoms with Crippen molar-refractivity contribution in [3.05, 3.63) is 29.6 Å². The minimum absolute atomic E-state index is 0.0571. The van der Waals surface area contributed by atoms with Crippen LogP contribution in [0.2, 0.25) is 0 Å². The number of amides is 2. The molecule has 1 aromatic carbocycles. The Morgan fingerprint density at radius 1 is 1.15 bits per heavy atom. The Kier molecular flexibility index (Phi) is 6.42. The van der Waals surface area contributed by atoms with E-state index in [2.05, 4.69) is 0 Å². The number of carbonyl (C=O) groups excluding carboxylic acids is 2. The van der Waals surface area contributed by atoms with Crippen molar-refractivity contribution in [1.82, 2.24) is 9.80 Å². The van der Waals surface area contributed by atoms with Gasteiger partial charge in [-0.05, 0) is 74.8 Å². The first-order valence-electron chi connectivity index (χ1n) is 12.6. The Morgan fingerprint density at radius 2 is 1.88 bits per heavy atom. The molecule has 0 bridgehead atoms. The molecule has 2 saturated carbocycles. The van der Waals surface area contributed by atoms with E-state index < -0.39 is 12.0 Å². The molecule has 2 heterocycles. The molecule has 0 aromatic heterocycles. The predicted octanol–water partition coefficient (Wildman–Crippen LogP) is 4.35. The topological polar surface area (TPSA) is 59.1 Å².